The number of H-pyrrole nitrogens is 1. The Morgan fingerprint density at radius 3 is 2.22 bits per heavy atom. The summed E-state index contributed by atoms with van der Waals surface area (Å²) in [6.45, 7) is 18.0. The van der Waals surface area contributed by atoms with E-state index in [4.69, 9.17) is 24.3 Å². The van der Waals surface area contributed by atoms with Crippen LogP contribution in [0.1, 0.15) is 106 Å². The van der Waals surface area contributed by atoms with E-state index in [-0.39, 0.29) is 49.9 Å². The first-order valence-electron chi connectivity index (χ1n) is 21.3. The number of likely N-dealkylation sites (tertiary alicyclic amines) is 1. The van der Waals surface area contributed by atoms with E-state index in [1.54, 1.807) is 6.08 Å². The molecule has 0 bridgehead atoms. The van der Waals surface area contributed by atoms with Crippen molar-refractivity contribution in [2.75, 3.05) is 33.0 Å². The first-order valence-corrected chi connectivity index (χ1v) is 22.8. The summed E-state index contributed by atoms with van der Waals surface area (Å²) in [6, 6.07) is -6.79. The van der Waals surface area contributed by atoms with Crippen molar-refractivity contribution in [3.8, 4) is 0 Å². The first kappa shape index (κ1) is 54.9. The highest BCUT2D eigenvalue weighted by molar-refractivity contribution is 7.47. The van der Waals surface area contributed by atoms with Gasteiger partial charge in [0, 0.05) is 31.5 Å². The Bertz CT molecular complexity index is 1700. The van der Waals surface area contributed by atoms with Gasteiger partial charge in [-0.3, -0.25) is 37.8 Å². The lowest BCUT2D eigenvalue weighted by Crippen LogP contribution is -2.61. The Morgan fingerprint density at radius 2 is 1.63 bits per heavy atom. The summed E-state index contributed by atoms with van der Waals surface area (Å²) in [5.74, 6) is -4.85. The molecule has 1 saturated heterocycles. The zero-order valence-corrected chi connectivity index (χ0v) is 38.9. The summed E-state index contributed by atoms with van der Waals surface area (Å²) in [5, 5.41) is 20.2. The third-order valence-corrected chi connectivity index (χ3v) is 11.0. The number of aliphatic hydroxyl groups is 1. The van der Waals surface area contributed by atoms with Gasteiger partial charge in [0.15, 0.2) is 0 Å². The summed E-state index contributed by atoms with van der Waals surface area (Å²) in [5.41, 5.74) is 5.04. The van der Waals surface area contributed by atoms with Crippen LogP contribution in [0.4, 0.5) is 0 Å². The molecule has 6 amide bonds. The fourth-order valence-corrected chi connectivity index (χ4v) is 7.45. The molecule has 0 saturated carbocycles. The van der Waals surface area contributed by atoms with Gasteiger partial charge in [-0.15, -0.1) is 6.58 Å². The Labute approximate surface area is 370 Å². The maximum atomic E-state index is 14.0. The molecule has 0 radical (unpaired) electrons. The number of carbonyl (C=O) groups is 6. The highest BCUT2D eigenvalue weighted by Gasteiger charge is 2.38. The average Bonchev–Trinajstić information content (AvgIpc) is 3.89. The minimum Gasteiger partial charge on any atom is -0.394 e. The summed E-state index contributed by atoms with van der Waals surface area (Å²) >= 11 is 0. The van der Waals surface area contributed by atoms with Crippen molar-refractivity contribution >= 4 is 43.3 Å². The molecule has 1 fully saturated rings. The number of aromatic nitrogens is 2. The lowest BCUT2D eigenvalue weighted by atomic mass is 10.0. The maximum Gasteiger partial charge on any atom is 0.472 e. The number of nitrogens with two attached hydrogens (primary N) is 1. The molecule has 7 unspecified atom stereocenters. The molecule has 22 heteroatoms. The van der Waals surface area contributed by atoms with Gasteiger partial charge in [-0.1, -0.05) is 19.9 Å². The standard InChI is InChI=1S/C41H71N8O13P/c1-10-11-12-18-61-63(57,58)62-27(4)34(35(42)52)48-38(55)31(24-50)47-37(54)30(22-28-23-43-25-44-28)45-36(53)29(21-26(2)3)46-39(56)32-14-13-17-49(32)33(51)15-19-60-41(8,9)16-20-59-40(5,6)7/h10,23,25-27,29-32,34,50H,1,11-22,24H2,2-9H3,(H2,42,52)(H,43,44)(H,45,53)(H,46,56)(H,47,54)(H,48,55)(H,57,58). The number of amides is 6. The number of phosphoric acid groups is 1. The number of hydrogen-bond donors (Lipinski definition) is 8. The number of hydrogen-bond acceptors (Lipinski definition) is 13. The number of rotatable bonds is 29. The number of allylic oxidation sites excluding steroid dienone is 1. The molecule has 63 heavy (non-hydrogen) atoms. The van der Waals surface area contributed by atoms with E-state index in [9.17, 15) is 43.3 Å². The quantitative estimate of drug-likeness (QED) is 0.0319. The van der Waals surface area contributed by atoms with Gasteiger partial charge >= 0.3 is 7.82 Å². The Kier molecular flexibility index (Phi) is 22.6. The molecule has 9 N–H and O–H groups in total. The van der Waals surface area contributed by atoms with E-state index in [1.165, 1.54) is 24.3 Å². The number of carbonyl (C=O) groups excluding carboxylic acids is 6. The average molecular weight is 915 g/mol. The van der Waals surface area contributed by atoms with Gasteiger partial charge < -0.3 is 56.4 Å². The van der Waals surface area contributed by atoms with E-state index in [0.717, 1.165) is 0 Å². The molecule has 1 aromatic rings. The summed E-state index contributed by atoms with van der Waals surface area (Å²) in [4.78, 5) is 98.9. The second-order valence-electron chi connectivity index (χ2n) is 17.5. The molecule has 7 atom stereocenters. The van der Waals surface area contributed by atoms with Crippen LogP contribution in [-0.2, 0) is 58.3 Å². The number of primary amides is 1. The van der Waals surface area contributed by atoms with Crippen molar-refractivity contribution in [3.63, 3.8) is 0 Å². The lowest BCUT2D eigenvalue weighted by molar-refractivity contribution is -0.141. The molecule has 2 heterocycles. The smallest absolute Gasteiger partial charge is 0.394 e. The fourth-order valence-electron chi connectivity index (χ4n) is 6.49. The van der Waals surface area contributed by atoms with Crippen LogP contribution in [0.2, 0.25) is 0 Å². The number of unbranched alkanes of at least 4 members (excludes halogenated alkanes) is 1. The lowest BCUT2D eigenvalue weighted by Gasteiger charge is -2.30. The van der Waals surface area contributed by atoms with E-state index in [2.05, 4.69) is 37.8 Å². The number of nitrogens with zero attached hydrogens (tertiary/aromatic N) is 2. The van der Waals surface area contributed by atoms with Crippen molar-refractivity contribution in [1.29, 1.82) is 0 Å². The molecule has 0 spiro atoms. The molecular weight excluding hydrogens is 843 g/mol. The largest absolute Gasteiger partial charge is 0.472 e. The predicted molar refractivity (Wildman–Crippen MR) is 231 cm³/mol. The van der Waals surface area contributed by atoms with Crippen LogP contribution in [0.25, 0.3) is 0 Å². The normalized spacial score (nSPS) is 17.8. The van der Waals surface area contributed by atoms with Gasteiger partial charge in [-0.05, 0) is 86.0 Å². The van der Waals surface area contributed by atoms with Gasteiger partial charge in [0.1, 0.15) is 30.2 Å². The first-order chi connectivity index (χ1) is 29.4. The molecule has 358 valence electrons. The predicted octanol–water partition coefficient (Wildman–Crippen LogP) is 1.28. The molecule has 1 aliphatic heterocycles. The maximum absolute atomic E-state index is 14.0. The third-order valence-electron chi connectivity index (χ3n) is 9.87. The number of nitrogens with one attached hydrogen (secondary N) is 5. The molecule has 21 nitrogen and oxygen atoms in total. The summed E-state index contributed by atoms with van der Waals surface area (Å²) < 4.78 is 34.2. The SMILES string of the molecule is C=CCCCOP(=O)(O)OC(C)C(NC(=O)C(CO)NC(=O)C(Cc1cnc[nH]1)NC(=O)C(CC(C)C)NC(=O)C1CCCN1C(=O)CCOC(C)(C)CCOC(C)(C)C)C(N)=O. The second-order valence-corrected chi connectivity index (χ2v) is 18.9. The van der Waals surface area contributed by atoms with Gasteiger partial charge in [0.25, 0.3) is 0 Å². The minimum absolute atomic E-state index is 0.0485. The zero-order chi connectivity index (χ0) is 47.5. The Balaban J connectivity index is 2.16. The van der Waals surface area contributed by atoms with E-state index in [0.29, 0.717) is 50.9 Å². The number of aliphatic hydroxyl groups excluding tert-OH is 1. The van der Waals surface area contributed by atoms with Crippen LogP contribution < -0.4 is 27.0 Å². The van der Waals surface area contributed by atoms with Gasteiger partial charge in [-0.25, -0.2) is 9.55 Å². The Morgan fingerprint density at radius 1 is 0.984 bits per heavy atom. The summed E-state index contributed by atoms with van der Waals surface area (Å²) in [7, 11) is -4.70. The second kappa shape index (κ2) is 25.9. The molecule has 1 aliphatic rings. The van der Waals surface area contributed by atoms with Crippen molar-refractivity contribution < 1.29 is 61.9 Å². The number of imidazole rings is 1. The highest BCUT2D eigenvalue weighted by Crippen LogP contribution is 2.45. The zero-order valence-electron chi connectivity index (χ0n) is 38.0. The van der Waals surface area contributed by atoms with E-state index in [1.807, 2.05) is 48.5 Å². The van der Waals surface area contributed by atoms with Gasteiger partial charge in [0.05, 0.1) is 49.9 Å². The Hall–Kier alpha value is -4.24. The number of phosphoric ester groups is 1. The van der Waals surface area contributed by atoms with Crippen molar-refractivity contribution in [2.45, 2.75) is 154 Å². The highest BCUT2D eigenvalue weighted by atomic mass is 31.2. The number of aromatic amines is 1. The molecule has 2 rings (SSSR count). The van der Waals surface area contributed by atoms with Gasteiger partial charge in [0.2, 0.25) is 35.4 Å². The van der Waals surface area contributed by atoms with Crippen LogP contribution >= 0.6 is 7.82 Å². The molecular formula is C41H71N8O13P. The molecule has 0 aliphatic carbocycles. The van der Waals surface area contributed by atoms with Crippen molar-refractivity contribution in [3.05, 3.63) is 30.9 Å². The van der Waals surface area contributed by atoms with Crippen molar-refractivity contribution in [2.24, 2.45) is 11.7 Å². The number of ether oxygens (including phenoxy) is 2. The van der Waals surface area contributed by atoms with Crippen LogP contribution in [0.3, 0.4) is 0 Å². The molecule has 0 aromatic carbocycles. The van der Waals surface area contributed by atoms with Crippen molar-refractivity contribution in [1.82, 2.24) is 36.1 Å². The monoisotopic (exact) mass is 914 g/mol. The van der Waals surface area contributed by atoms with Crippen LogP contribution in [0.5, 0.6) is 0 Å². The molecule has 1 aromatic heterocycles. The fraction of sp³-hybridized carbons (Fsp3) is 0.732. The van der Waals surface area contributed by atoms with Crippen LogP contribution in [0.15, 0.2) is 25.2 Å². The van der Waals surface area contributed by atoms with Crippen LogP contribution in [0, 0.1) is 5.92 Å². The topological polar surface area (TPSA) is 303 Å². The van der Waals surface area contributed by atoms with Crippen LogP contribution in [-0.4, -0.2) is 141 Å². The van der Waals surface area contributed by atoms with E-state index < -0.39 is 85.9 Å². The third kappa shape index (κ3) is 20.4. The van der Waals surface area contributed by atoms with E-state index >= 15 is 0 Å². The van der Waals surface area contributed by atoms with Gasteiger partial charge in [-0.2, -0.15) is 0 Å². The summed E-state index contributed by atoms with van der Waals surface area (Å²) in [6.07, 6.45) is 5.34. The minimum atomic E-state index is -4.70.